The van der Waals surface area contributed by atoms with E-state index in [2.05, 4.69) is 62.8 Å². The van der Waals surface area contributed by atoms with Crippen molar-refractivity contribution < 1.29 is 9.90 Å². The number of pyridine rings is 1. The highest BCUT2D eigenvalue weighted by Crippen LogP contribution is 2.68. The van der Waals surface area contributed by atoms with Gasteiger partial charge in [-0.15, -0.1) is 0 Å². The Labute approximate surface area is 210 Å². The van der Waals surface area contributed by atoms with E-state index in [1.807, 2.05) is 6.07 Å². The van der Waals surface area contributed by atoms with Crippen molar-refractivity contribution in [1.29, 1.82) is 0 Å². The molecular formula is C29H29N5O2. The lowest BCUT2D eigenvalue weighted by Gasteiger charge is -2.10. The first kappa shape index (κ1) is 22.6. The number of phenols is 1. The molecule has 36 heavy (non-hydrogen) atoms. The second kappa shape index (κ2) is 8.68. The Balaban J connectivity index is 1.05. The zero-order valence-electron chi connectivity index (χ0n) is 20.2. The third-order valence-corrected chi connectivity index (χ3v) is 7.83. The van der Waals surface area contributed by atoms with Gasteiger partial charge >= 0.3 is 0 Å². The van der Waals surface area contributed by atoms with Crippen LogP contribution in [0.5, 0.6) is 5.75 Å². The summed E-state index contributed by atoms with van der Waals surface area (Å²) in [5.74, 6) is 0.624. The highest BCUT2D eigenvalue weighted by molar-refractivity contribution is 5.91. The van der Waals surface area contributed by atoms with Crippen molar-refractivity contribution in [2.45, 2.75) is 50.6 Å². The van der Waals surface area contributed by atoms with Gasteiger partial charge in [-0.25, -0.2) is 9.97 Å². The van der Waals surface area contributed by atoms with Gasteiger partial charge in [0, 0.05) is 23.6 Å². The van der Waals surface area contributed by atoms with Crippen LogP contribution in [0.2, 0.25) is 0 Å². The van der Waals surface area contributed by atoms with E-state index >= 15 is 0 Å². The molecule has 2 aromatic carbocycles. The predicted octanol–water partition coefficient (Wildman–Crippen LogP) is 4.87. The molecule has 2 aliphatic rings. The number of carbonyl (C=O) groups is 1. The Kier molecular flexibility index (Phi) is 5.45. The highest BCUT2D eigenvalue weighted by atomic mass is 16.3. The molecule has 7 nitrogen and oxygen atoms in total. The quantitative estimate of drug-likeness (QED) is 0.311. The van der Waals surface area contributed by atoms with Crippen LogP contribution in [0.1, 0.15) is 38.2 Å². The second-order valence-electron chi connectivity index (χ2n) is 10.3. The summed E-state index contributed by atoms with van der Waals surface area (Å²) >= 11 is 0. The number of phenolic OH excluding ortho intramolecular Hbond substituents is 1. The Morgan fingerprint density at radius 1 is 1.08 bits per heavy atom. The molecule has 7 heteroatoms. The van der Waals surface area contributed by atoms with Gasteiger partial charge in [0.25, 0.3) is 0 Å². The van der Waals surface area contributed by atoms with Crippen LogP contribution >= 0.6 is 0 Å². The third kappa shape index (κ3) is 4.31. The number of benzene rings is 2. The van der Waals surface area contributed by atoms with Crippen molar-refractivity contribution in [2.75, 3.05) is 5.32 Å². The number of amides is 1. The molecule has 6 rings (SSSR count). The zero-order chi connectivity index (χ0) is 24.8. The highest BCUT2D eigenvalue weighted by Gasteiger charge is 2.76. The number of carbonyl (C=O) groups excluding carboxylic acids is 1. The average molecular weight is 480 g/mol. The van der Waals surface area contributed by atoms with Crippen LogP contribution in [0.25, 0.3) is 22.4 Å². The molecule has 1 spiro atoms. The van der Waals surface area contributed by atoms with E-state index in [-0.39, 0.29) is 28.7 Å². The summed E-state index contributed by atoms with van der Waals surface area (Å²) in [7, 11) is 0. The number of rotatable bonds is 8. The van der Waals surface area contributed by atoms with Crippen molar-refractivity contribution >= 4 is 22.9 Å². The molecule has 3 heterocycles. The van der Waals surface area contributed by atoms with Crippen molar-refractivity contribution in [3.63, 3.8) is 0 Å². The van der Waals surface area contributed by atoms with Gasteiger partial charge in [0.1, 0.15) is 17.1 Å². The molecule has 3 N–H and O–H groups in total. The molecule has 1 aliphatic carbocycles. The lowest BCUT2D eigenvalue weighted by molar-refractivity contribution is -0.116. The fourth-order valence-electron chi connectivity index (χ4n) is 5.59. The first-order valence-electron chi connectivity index (χ1n) is 12.5. The van der Waals surface area contributed by atoms with Crippen LogP contribution < -0.4 is 10.6 Å². The van der Waals surface area contributed by atoms with Crippen LogP contribution in [0.4, 0.5) is 5.82 Å². The Morgan fingerprint density at radius 3 is 2.69 bits per heavy atom. The van der Waals surface area contributed by atoms with Crippen LogP contribution in [0, 0.1) is 5.41 Å². The van der Waals surface area contributed by atoms with Gasteiger partial charge in [-0.1, -0.05) is 37.3 Å². The minimum Gasteiger partial charge on any atom is -0.508 e. The molecule has 3 unspecified atom stereocenters. The molecule has 0 bridgehead atoms. The number of aryl methyl sites for hydroxylation is 1. The van der Waals surface area contributed by atoms with E-state index < -0.39 is 0 Å². The monoisotopic (exact) mass is 479 g/mol. The number of aromatic hydroxyl groups is 1. The molecule has 2 aromatic heterocycles. The zero-order valence-corrected chi connectivity index (χ0v) is 20.2. The van der Waals surface area contributed by atoms with Gasteiger partial charge in [-0.2, -0.15) is 0 Å². The number of aromatic nitrogens is 3. The summed E-state index contributed by atoms with van der Waals surface area (Å²) in [5, 5.41) is 16.1. The van der Waals surface area contributed by atoms with E-state index in [1.165, 1.54) is 12.0 Å². The maximum absolute atomic E-state index is 12.8. The minimum absolute atomic E-state index is 0.0441. The molecule has 3 atom stereocenters. The topological polar surface area (TPSA) is 110 Å². The molecule has 182 valence electrons. The smallest absolute Gasteiger partial charge is 0.227 e. The maximum atomic E-state index is 12.8. The largest absolute Gasteiger partial charge is 0.508 e. The number of nitrogens with one attached hydrogen (secondary N) is 2. The molecule has 2 fully saturated rings. The van der Waals surface area contributed by atoms with Crippen molar-refractivity contribution in [3.8, 4) is 17.0 Å². The van der Waals surface area contributed by atoms with Crippen LogP contribution in [0.3, 0.4) is 0 Å². The standard InChI is InChI=1S/C29H29N5O2/c1-28(15-5-8-19-6-3-2-4-7-19)18-29(28)24(34-29)16-26(36)32-25-14-13-22-27(33-25)31-23(17-30-22)20-9-11-21(35)12-10-20/h2-4,6-7,9-14,17,24,34-35H,5,8,15-16,18H2,1H3,(H,31,32,33,36). The van der Waals surface area contributed by atoms with Crippen LogP contribution in [0.15, 0.2) is 72.9 Å². The normalized spacial score (nSPS) is 24.1. The van der Waals surface area contributed by atoms with Gasteiger partial charge in [0.2, 0.25) is 5.91 Å². The van der Waals surface area contributed by atoms with Gasteiger partial charge in [0.05, 0.1) is 11.9 Å². The lowest BCUT2D eigenvalue weighted by atomic mass is 9.95. The van der Waals surface area contributed by atoms with Crippen molar-refractivity contribution in [1.82, 2.24) is 20.3 Å². The number of hydrogen-bond donors (Lipinski definition) is 3. The molecular weight excluding hydrogens is 450 g/mol. The predicted molar refractivity (Wildman–Crippen MR) is 139 cm³/mol. The summed E-state index contributed by atoms with van der Waals surface area (Å²) in [4.78, 5) is 26.4. The molecule has 1 saturated carbocycles. The molecule has 1 saturated heterocycles. The summed E-state index contributed by atoms with van der Waals surface area (Å²) in [6, 6.07) is 21.2. The van der Waals surface area contributed by atoms with E-state index in [9.17, 15) is 9.90 Å². The summed E-state index contributed by atoms with van der Waals surface area (Å²) in [6.07, 6.45) is 6.68. The average Bonchev–Trinajstić information content (AvgIpc) is 3.73. The molecule has 4 aromatic rings. The lowest BCUT2D eigenvalue weighted by Crippen LogP contribution is -2.17. The van der Waals surface area contributed by atoms with Gasteiger partial charge < -0.3 is 15.7 Å². The van der Waals surface area contributed by atoms with Gasteiger partial charge in [-0.3, -0.25) is 9.78 Å². The first-order valence-corrected chi connectivity index (χ1v) is 12.5. The SMILES string of the molecule is CC1(CCCc2ccccc2)CC12NC2CC(=O)Nc1ccc2ncc(-c3ccc(O)cc3)nc2n1. The van der Waals surface area contributed by atoms with E-state index in [4.69, 9.17) is 0 Å². The Morgan fingerprint density at radius 2 is 1.89 bits per heavy atom. The first-order chi connectivity index (χ1) is 17.4. The fraction of sp³-hybridized carbons (Fsp3) is 0.310. The third-order valence-electron chi connectivity index (χ3n) is 7.83. The molecule has 0 radical (unpaired) electrons. The maximum Gasteiger partial charge on any atom is 0.227 e. The Hall–Kier alpha value is -3.84. The van der Waals surface area contributed by atoms with E-state index in [0.717, 1.165) is 24.8 Å². The number of hydrogen-bond acceptors (Lipinski definition) is 6. The van der Waals surface area contributed by atoms with Crippen molar-refractivity contribution in [3.05, 3.63) is 78.5 Å². The van der Waals surface area contributed by atoms with Crippen LogP contribution in [-0.4, -0.2) is 37.5 Å². The van der Waals surface area contributed by atoms with E-state index in [0.29, 0.717) is 29.1 Å². The fourth-order valence-corrected chi connectivity index (χ4v) is 5.59. The second-order valence-corrected chi connectivity index (χ2v) is 10.3. The number of fused-ring (bicyclic) bond motifs is 1. The summed E-state index contributed by atoms with van der Waals surface area (Å²) in [5.41, 5.74) is 4.40. The summed E-state index contributed by atoms with van der Waals surface area (Å²) < 4.78 is 0. The van der Waals surface area contributed by atoms with Gasteiger partial charge in [-0.05, 0) is 73.1 Å². The van der Waals surface area contributed by atoms with Crippen molar-refractivity contribution in [2.24, 2.45) is 5.41 Å². The molecule has 1 amide bonds. The minimum atomic E-state index is -0.0441. The van der Waals surface area contributed by atoms with Gasteiger partial charge in [0.15, 0.2) is 5.65 Å². The van der Waals surface area contributed by atoms with Crippen LogP contribution in [-0.2, 0) is 11.2 Å². The summed E-state index contributed by atoms with van der Waals surface area (Å²) in [6.45, 7) is 2.35. The number of anilines is 1. The van der Waals surface area contributed by atoms with E-state index in [1.54, 1.807) is 36.5 Å². The Bertz CT molecular complexity index is 1430. The number of nitrogens with zero attached hydrogens (tertiary/aromatic N) is 3. The molecule has 1 aliphatic heterocycles.